The number of aliphatic carboxylic acids is 1. The zero-order valence-corrected chi connectivity index (χ0v) is 19.2. The van der Waals surface area contributed by atoms with Gasteiger partial charge in [0.05, 0.1) is 27.9 Å². The number of halogens is 1. The number of nitrogen functional groups attached to an aromatic ring is 1. The second-order valence-corrected chi connectivity index (χ2v) is 7.80. The van der Waals surface area contributed by atoms with Gasteiger partial charge in [0.2, 0.25) is 0 Å². The molecule has 0 spiro atoms. The van der Waals surface area contributed by atoms with E-state index in [0.29, 0.717) is 44.8 Å². The molecule has 3 rings (SSSR count). The lowest BCUT2D eigenvalue weighted by atomic mass is 9.95. The molecule has 0 saturated carbocycles. The monoisotopic (exact) mass is 494 g/mol. The molecule has 3 N–H and O–H groups in total. The fourth-order valence-corrected chi connectivity index (χ4v) is 4.14. The number of pyridine rings is 1. The second kappa shape index (κ2) is 9.13. The minimum absolute atomic E-state index is 0.0897. The van der Waals surface area contributed by atoms with Crippen molar-refractivity contribution < 1.29 is 19.4 Å². The van der Waals surface area contributed by atoms with Crippen LogP contribution in [0.15, 0.2) is 22.2 Å². The van der Waals surface area contributed by atoms with Crippen LogP contribution in [0.5, 0.6) is 11.5 Å². The first-order valence-electron chi connectivity index (χ1n) is 9.58. The van der Waals surface area contributed by atoms with Gasteiger partial charge in [0.15, 0.2) is 18.1 Å². The predicted molar refractivity (Wildman–Crippen MR) is 123 cm³/mol. The molecule has 2 aromatic rings. The van der Waals surface area contributed by atoms with Gasteiger partial charge in [-0.25, -0.2) is 9.78 Å². The summed E-state index contributed by atoms with van der Waals surface area (Å²) in [5, 5.41) is 28.1. The quantitative estimate of drug-likeness (QED) is 0.604. The largest absolute Gasteiger partial charge is 0.490 e. The van der Waals surface area contributed by atoms with Gasteiger partial charge in [-0.15, -0.1) is 0 Å². The van der Waals surface area contributed by atoms with Gasteiger partial charge in [-0.05, 0) is 77.2 Å². The van der Waals surface area contributed by atoms with Gasteiger partial charge in [0.25, 0.3) is 0 Å². The molecule has 1 aromatic heterocycles. The SMILES string of the molecule is CCOc1cc(/C=C2\C(C)=C(C#N)c3nc(N)c(C#N)c(C)c32)cc(Br)c1OCC(=O)O. The average molecular weight is 495 g/mol. The molecule has 0 aliphatic heterocycles. The Morgan fingerprint density at radius 2 is 2.00 bits per heavy atom. The number of allylic oxidation sites excluding steroid dienone is 3. The number of aromatic nitrogens is 1. The summed E-state index contributed by atoms with van der Waals surface area (Å²) in [5.74, 6) is -0.355. The third-order valence-electron chi connectivity index (χ3n) is 4.97. The van der Waals surface area contributed by atoms with Crippen molar-refractivity contribution in [2.75, 3.05) is 18.9 Å². The summed E-state index contributed by atoms with van der Waals surface area (Å²) >= 11 is 3.42. The van der Waals surface area contributed by atoms with Crippen LogP contribution < -0.4 is 15.2 Å². The van der Waals surface area contributed by atoms with Crippen LogP contribution in [-0.2, 0) is 4.79 Å². The third kappa shape index (κ3) is 4.03. The highest BCUT2D eigenvalue weighted by atomic mass is 79.9. The maximum absolute atomic E-state index is 10.9. The molecule has 0 amide bonds. The number of anilines is 1. The molecular weight excluding hydrogens is 476 g/mol. The Morgan fingerprint density at radius 1 is 1.28 bits per heavy atom. The van der Waals surface area contributed by atoms with Crippen molar-refractivity contribution in [3.63, 3.8) is 0 Å². The average Bonchev–Trinajstić information content (AvgIpc) is 2.98. The van der Waals surface area contributed by atoms with E-state index in [4.69, 9.17) is 20.3 Å². The Labute approximate surface area is 193 Å². The summed E-state index contributed by atoms with van der Waals surface area (Å²) in [6.07, 6.45) is 1.86. The summed E-state index contributed by atoms with van der Waals surface area (Å²) < 4.78 is 11.5. The van der Waals surface area contributed by atoms with Crippen molar-refractivity contribution in [3.05, 3.63) is 50.1 Å². The number of nitrogens with two attached hydrogens (primary N) is 1. The predicted octanol–water partition coefficient (Wildman–Crippen LogP) is 4.32. The van der Waals surface area contributed by atoms with Gasteiger partial charge in [-0.3, -0.25) is 0 Å². The molecule has 9 heteroatoms. The summed E-state index contributed by atoms with van der Waals surface area (Å²) in [7, 11) is 0. The van der Waals surface area contributed by atoms with E-state index in [1.165, 1.54) is 0 Å². The number of carboxylic acid groups (broad SMARTS) is 1. The Hall–Kier alpha value is -3.82. The summed E-state index contributed by atoms with van der Waals surface area (Å²) in [4.78, 5) is 15.2. The van der Waals surface area contributed by atoms with Gasteiger partial charge in [0, 0.05) is 5.56 Å². The summed E-state index contributed by atoms with van der Waals surface area (Å²) in [5.41, 5.74) is 10.6. The molecule has 8 nitrogen and oxygen atoms in total. The highest BCUT2D eigenvalue weighted by Gasteiger charge is 2.29. The first-order chi connectivity index (χ1) is 15.2. The van der Waals surface area contributed by atoms with Crippen molar-refractivity contribution in [2.45, 2.75) is 20.8 Å². The topological polar surface area (TPSA) is 142 Å². The van der Waals surface area contributed by atoms with E-state index in [9.17, 15) is 15.3 Å². The Bertz CT molecular complexity index is 1280. The number of nitriles is 2. The van der Waals surface area contributed by atoms with Crippen LogP contribution in [0.1, 0.15) is 41.8 Å². The molecule has 32 heavy (non-hydrogen) atoms. The van der Waals surface area contributed by atoms with E-state index >= 15 is 0 Å². The van der Waals surface area contributed by atoms with Crippen LogP contribution in [0.3, 0.4) is 0 Å². The van der Waals surface area contributed by atoms with E-state index < -0.39 is 12.6 Å². The fourth-order valence-electron chi connectivity index (χ4n) is 3.57. The van der Waals surface area contributed by atoms with Crippen molar-refractivity contribution in [1.82, 2.24) is 4.98 Å². The number of carboxylic acids is 1. The molecule has 1 aliphatic carbocycles. The van der Waals surface area contributed by atoms with E-state index in [1.807, 2.05) is 19.9 Å². The minimum Gasteiger partial charge on any atom is -0.490 e. The first-order valence-corrected chi connectivity index (χ1v) is 10.4. The van der Waals surface area contributed by atoms with Gasteiger partial charge < -0.3 is 20.3 Å². The van der Waals surface area contributed by atoms with Crippen LogP contribution in [0.2, 0.25) is 0 Å². The second-order valence-electron chi connectivity index (χ2n) is 6.95. The lowest BCUT2D eigenvalue weighted by Gasteiger charge is -2.14. The summed E-state index contributed by atoms with van der Waals surface area (Å²) in [6, 6.07) is 7.75. The Morgan fingerprint density at radius 3 is 2.59 bits per heavy atom. The maximum atomic E-state index is 10.9. The van der Waals surface area contributed by atoms with Crippen LogP contribution >= 0.6 is 15.9 Å². The number of benzene rings is 1. The molecule has 162 valence electrons. The normalized spacial score (nSPS) is 13.5. The van der Waals surface area contributed by atoms with Gasteiger partial charge in [-0.2, -0.15) is 10.5 Å². The molecule has 0 atom stereocenters. The van der Waals surface area contributed by atoms with E-state index in [0.717, 1.165) is 11.1 Å². The lowest BCUT2D eigenvalue weighted by molar-refractivity contribution is -0.139. The van der Waals surface area contributed by atoms with Crippen molar-refractivity contribution >= 4 is 44.9 Å². The lowest BCUT2D eigenvalue weighted by Crippen LogP contribution is -2.11. The van der Waals surface area contributed by atoms with Crippen LogP contribution in [0.4, 0.5) is 5.82 Å². The highest BCUT2D eigenvalue weighted by molar-refractivity contribution is 9.10. The summed E-state index contributed by atoms with van der Waals surface area (Å²) in [6.45, 7) is 5.24. The molecule has 1 heterocycles. The van der Waals surface area contributed by atoms with E-state index in [2.05, 4.69) is 33.1 Å². The van der Waals surface area contributed by atoms with Crippen LogP contribution in [-0.4, -0.2) is 29.3 Å². The molecule has 0 bridgehead atoms. The van der Waals surface area contributed by atoms with Crippen LogP contribution in [0, 0.1) is 29.6 Å². The first kappa shape index (κ1) is 22.9. The maximum Gasteiger partial charge on any atom is 0.341 e. The van der Waals surface area contributed by atoms with Gasteiger partial charge >= 0.3 is 5.97 Å². The molecule has 1 aromatic carbocycles. The van der Waals surface area contributed by atoms with Crippen molar-refractivity contribution in [3.8, 4) is 23.6 Å². The number of fused-ring (bicyclic) bond motifs is 1. The molecule has 0 unspecified atom stereocenters. The van der Waals surface area contributed by atoms with E-state index in [-0.39, 0.29) is 17.1 Å². The molecule has 1 aliphatic rings. The zero-order valence-electron chi connectivity index (χ0n) is 17.6. The minimum atomic E-state index is -1.10. The number of carbonyl (C=O) groups is 1. The van der Waals surface area contributed by atoms with Gasteiger partial charge in [0.1, 0.15) is 18.0 Å². The number of ether oxygens (including phenoxy) is 2. The molecular formula is C23H19BrN4O4. The number of nitrogens with zero attached hydrogens (tertiary/aromatic N) is 3. The Kier molecular flexibility index (Phi) is 6.52. The fraction of sp³-hybridized carbons (Fsp3) is 0.217. The smallest absolute Gasteiger partial charge is 0.341 e. The molecule has 0 radical (unpaired) electrons. The highest BCUT2D eigenvalue weighted by Crippen LogP contribution is 2.45. The third-order valence-corrected chi connectivity index (χ3v) is 5.56. The number of hydrogen-bond donors (Lipinski definition) is 2. The number of hydrogen-bond acceptors (Lipinski definition) is 7. The molecule has 0 fully saturated rings. The van der Waals surface area contributed by atoms with Crippen LogP contribution in [0.25, 0.3) is 17.2 Å². The van der Waals surface area contributed by atoms with Gasteiger partial charge in [-0.1, -0.05) is 0 Å². The number of rotatable bonds is 6. The molecule has 0 saturated heterocycles. The zero-order chi connectivity index (χ0) is 23.6. The van der Waals surface area contributed by atoms with Crippen molar-refractivity contribution in [1.29, 1.82) is 10.5 Å². The van der Waals surface area contributed by atoms with E-state index in [1.54, 1.807) is 19.1 Å². The van der Waals surface area contributed by atoms with Crippen molar-refractivity contribution in [2.24, 2.45) is 0 Å². The standard InChI is InChI=1S/C23H19BrN4O4/c1-4-31-18-7-13(6-17(24)22(18)32-10-19(29)30)5-14-11(2)15(8-25)21-20(14)12(3)16(9-26)23(27)28-21/h5-7H,4,10H2,1-3H3,(H2,27,28)(H,29,30)/b14-5+. The Balaban J connectivity index is 2.21.